The zero-order chi connectivity index (χ0) is 29.3. The average Bonchev–Trinajstić information content (AvgIpc) is 3.52. The van der Waals surface area contributed by atoms with Gasteiger partial charge < -0.3 is 13.9 Å². The summed E-state index contributed by atoms with van der Waals surface area (Å²) in [6.07, 6.45) is 1.30. The summed E-state index contributed by atoms with van der Waals surface area (Å²) in [5.41, 5.74) is 2.19. The van der Waals surface area contributed by atoms with E-state index in [4.69, 9.17) is 25.5 Å². The van der Waals surface area contributed by atoms with E-state index in [1.54, 1.807) is 88.4 Å². The van der Waals surface area contributed by atoms with Gasteiger partial charge in [-0.25, -0.2) is 14.6 Å². The SMILES string of the molecule is CCOC(=O)c1ccc(-c2ccc(C=c3sc4n(c3=O)C(c3ccccc3Cl)C(C(=O)OC(C)C)=C(C)N=4)o2)cc1. The molecule has 1 aliphatic heterocycles. The smallest absolute Gasteiger partial charge is 0.338 e. The van der Waals surface area contributed by atoms with Crippen molar-refractivity contribution < 1.29 is 23.5 Å². The molecule has 5 rings (SSSR count). The van der Waals surface area contributed by atoms with Crippen LogP contribution in [0.1, 0.15) is 55.4 Å². The zero-order valence-electron chi connectivity index (χ0n) is 22.8. The molecule has 41 heavy (non-hydrogen) atoms. The van der Waals surface area contributed by atoms with Gasteiger partial charge in [-0.1, -0.05) is 53.3 Å². The molecule has 0 saturated carbocycles. The van der Waals surface area contributed by atoms with Crippen molar-refractivity contribution in [2.24, 2.45) is 4.99 Å². The van der Waals surface area contributed by atoms with Gasteiger partial charge in [0.25, 0.3) is 5.56 Å². The van der Waals surface area contributed by atoms with Gasteiger partial charge in [-0.05, 0) is 63.6 Å². The van der Waals surface area contributed by atoms with Crippen LogP contribution in [0.15, 0.2) is 86.1 Å². The summed E-state index contributed by atoms with van der Waals surface area (Å²) in [4.78, 5) is 44.0. The van der Waals surface area contributed by atoms with Crippen molar-refractivity contribution in [1.82, 2.24) is 4.57 Å². The van der Waals surface area contributed by atoms with E-state index >= 15 is 0 Å². The molecule has 3 heterocycles. The summed E-state index contributed by atoms with van der Waals surface area (Å²) < 4.78 is 18.4. The van der Waals surface area contributed by atoms with Crippen molar-refractivity contribution in [2.75, 3.05) is 6.61 Å². The molecule has 8 nitrogen and oxygen atoms in total. The first-order valence-corrected chi connectivity index (χ1v) is 14.2. The molecular formula is C31H27ClN2O6S. The van der Waals surface area contributed by atoms with E-state index in [2.05, 4.69) is 4.99 Å². The minimum absolute atomic E-state index is 0.261. The first kappa shape index (κ1) is 28.3. The standard InChI is InChI=1S/C31H27ClN2O6S/c1-5-38-29(36)20-12-10-19(11-13-20)24-15-14-21(40-24)16-25-28(35)34-27(22-8-6-7-9-23(22)32)26(30(37)39-17(2)3)18(4)33-31(34)41-25/h6-17,27H,5H2,1-4H3. The van der Waals surface area contributed by atoms with E-state index in [1.165, 1.54) is 15.9 Å². The van der Waals surface area contributed by atoms with Gasteiger partial charge in [0.15, 0.2) is 4.80 Å². The number of rotatable bonds is 7. The van der Waals surface area contributed by atoms with Crippen molar-refractivity contribution in [1.29, 1.82) is 0 Å². The second-order valence-electron chi connectivity index (χ2n) is 9.56. The summed E-state index contributed by atoms with van der Waals surface area (Å²) >= 11 is 7.77. The third kappa shape index (κ3) is 5.68. The molecule has 4 aromatic rings. The minimum Gasteiger partial charge on any atom is -0.462 e. The van der Waals surface area contributed by atoms with Gasteiger partial charge in [0.1, 0.15) is 17.6 Å². The second-order valence-corrected chi connectivity index (χ2v) is 11.0. The molecule has 1 atom stereocenters. The van der Waals surface area contributed by atoms with Crippen LogP contribution in [0, 0.1) is 0 Å². The van der Waals surface area contributed by atoms with E-state index in [9.17, 15) is 14.4 Å². The van der Waals surface area contributed by atoms with Crippen molar-refractivity contribution in [3.63, 3.8) is 0 Å². The molecule has 2 aromatic heterocycles. The highest BCUT2D eigenvalue weighted by Crippen LogP contribution is 2.34. The lowest BCUT2D eigenvalue weighted by Gasteiger charge is -2.26. The Balaban J connectivity index is 1.56. The number of benzene rings is 2. The Bertz CT molecular complexity index is 1850. The maximum Gasteiger partial charge on any atom is 0.338 e. The lowest BCUT2D eigenvalue weighted by molar-refractivity contribution is -0.143. The van der Waals surface area contributed by atoms with Crippen LogP contribution in [0.2, 0.25) is 5.02 Å². The van der Waals surface area contributed by atoms with Crippen LogP contribution in [0.25, 0.3) is 17.4 Å². The molecule has 0 saturated heterocycles. The van der Waals surface area contributed by atoms with E-state index in [1.807, 2.05) is 6.07 Å². The number of hydrogen-bond donors (Lipinski definition) is 0. The van der Waals surface area contributed by atoms with E-state index in [-0.39, 0.29) is 23.2 Å². The Kier molecular flexibility index (Phi) is 8.10. The maximum atomic E-state index is 13.8. The number of ether oxygens (including phenoxy) is 2. The Morgan fingerprint density at radius 2 is 1.83 bits per heavy atom. The van der Waals surface area contributed by atoms with Gasteiger partial charge in [0.2, 0.25) is 0 Å². The molecule has 0 aliphatic carbocycles. The number of nitrogens with zero attached hydrogens (tertiary/aromatic N) is 2. The van der Waals surface area contributed by atoms with Crippen LogP contribution in [0.3, 0.4) is 0 Å². The predicted octanol–water partition coefficient (Wildman–Crippen LogP) is 5.28. The molecule has 0 bridgehead atoms. The topological polar surface area (TPSA) is 100 Å². The first-order valence-electron chi connectivity index (χ1n) is 13.0. The first-order chi connectivity index (χ1) is 19.7. The van der Waals surface area contributed by atoms with Crippen molar-refractivity contribution in [2.45, 2.75) is 39.8 Å². The Morgan fingerprint density at radius 3 is 2.51 bits per heavy atom. The molecule has 1 aliphatic rings. The summed E-state index contributed by atoms with van der Waals surface area (Å²) in [5.74, 6) is 0.0951. The molecule has 0 radical (unpaired) electrons. The van der Waals surface area contributed by atoms with Gasteiger partial charge in [-0.15, -0.1) is 0 Å². The highest BCUT2D eigenvalue weighted by molar-refractivity contribution is 7.07. The van der Waals surface area contributed by atoms with Crippen LogP contribution >= 0.6 is 22.9 Å². The molecule has 0 fully saturated rings. The predicted molar refractivity (Wildman–Crippen MR) is 157 cm³/mol. The van der Waals surface area contributed by atoms with Crippen LogP contribution in [0.4, 0.5) is 0 Å². The third-order valence-corrected chi connectivity index (χ3v) is 7.69. The Labute approximate surface area is 244 Å². The highest BCUT2D eigenvalue weighted by atomic mass is 35.5. The van der Waals surface area contributed by atoms with Gasteiger partial charge in [-0.2, -0.15) is 0 Å². The maximum absolute atomic E-state index is 13.8. The molecule has 10 heteroatoms. The van der Waals surface area contributed by atoms with Gasteiger partial charge in [0, 0.05) is 16.7 Å². The number of furan rings is 1. The quantitative estimate of drug-likeness (QED) is 0.272. The fourth-order valence-corrected chi connectivity index (χ4v) is 5.82. The second kappa shape index (κ2) is 11.7. The number of allylic oxidation sites excluding steroid dienone is 1. The molecular weight excluding hydrogens is 564 g/mol. The summed E-state index contributed by atoms with van der Waals surface area (Å²) in [6.45, 7) is 7.31. The minimum atomic E-state index is -0.807. The number of halogens is 1. The number of fused-ring (bicyclic) bond motifs is 1. The van der Waals surface area contributed by atoms with Crippen LogP contribution < -0.4 is 14.9 Å². The molecule has 210 valence electrons. The number of thiazole rings is 1. The lowest BCUT2D eigenvalue weighted by Crippen LogP contribution is -2.40. The summed E-state index contributed by atoms with van der Waals surface area (Å²) in [7, 11) is 0. The number of aromatic nitrogens is 1. The fourth-order valence-electron chi connectivity index (χ4n) is 4.55. The third-order valence-electron chi connectivity index (χ3n) is 6.36. The number of carbonyl (C=O) groups is 2. The number of hydrogen-bond acceptors (Lipinski definition) is 8. The van der Waals surface area contributed by atoms with Crippen molar-refractivity contribution >= 4 is 41.0 Å². The average molecular weight is 591 g/mol. The monoisotopic (exact) mass is 590 g/mol. The fraction of sp³-hybridized carbons (Fsp3) is 0.226. The molecule has 0 amide bonds. The van der Waals surface area contributed by atoms with Crippen LogP contribution in [-0.4, -0.2) is 29.2 Å². The molecule has 1 unspecified atom stereocenters. The van der Waals surface area contributed by atoms with Gasteiger partial charge in [0.05, 0.1) is 34.1 Å². The van der Waals surface area contributed by atoms with Crippen molar-refractivity contribution in [3.05, 3.63) is 114 Å². The van der Waals surface area contributed by atoms with Crippen LogP contribution in [0.5, 0.6) is 0 Å². The van der Waals surface area contributed by atoms with Crippen molar-refractivity contribution in [3.8, 4) is 11.3 Å². The van der Waals surface area contributed by atoms with E-state index < -0.39 is 12.0 Å². The summed E-state index contributed by atoms with van der Waals surface area (Å²) in [5, 5.41) is 0.418. The van der Waals surface area contributed by atoms with E-state index in [0.717, 1.165) is 5.56 Å². The Hall–Kier alpha value is -4.21. The molecule has 0 spiro atoms. The highest BCUT2D eigenvalue weighted by Gasteiger charge is 2.34. The number of carbonyl (C=O) groups excluding carboxylic acids is 2. The van der Waals surface area contributed by atoms with Gasteiger partial charge >= 0.3 is 11.9 Å². The summed E-state index contributed by atoms with van der Waals surface area (Å²) in [6, 6.07) is 16.7. The molecule has 2 aromatic carbocycles. The lowest BCUT2D eigenvalue weighted by atomic mass is 9.96. The van der Waals surface area contributed by atoms with Gasteiger partial charge in [-0.3, -0.25) is 9.36 Å². The Morgan fingerprint density at radius 1 is 1.10 bits per heavy atom. The molecule has 0 N–H and O–H groups in total. The van der Waals surface area contributed by atoms with E-state index in [0.29, 0.717) is 49.3 Å². The number of esters is 2. The largest absolute Gasteiger partial charge is 0.462 e. The van der Waals surface area contributed by atoms with Crippen LogP contribution in [-0.2, 0) is 14.3 Å². The zero-order valence-corrected chi connectivity index (χ0v) is 24.4. The normalized spacial score (nSPS) is 15.1.